The Hall–Kier alpha value is -2.35. The van der Waals surface area contributed by atoms with Gasteiger partial charge >= 0.3 is 0 Å². The maximum absolute atomic E-state index is 10.2. The van der Waals surface area contributed by atoms with Crippen molar-refractivity contribution in [2.45, 2.75) is 26.1 Å². The van der Waals surface area contributed by atoms with Gasteiger partial charge in [-0.25, -0.2) is 4.99 Å². The zero-order chi connectivity index (χ0) is 19.6. The highest BCUT2D eigenvalue weighted by Crippen LogP contribution is 2.14. The van der Waals surface area contributed by atoms with Crippen molar-refractivity contribution in [3.05, 3.63) is 59.5 Å². The molecule has 1 fully saturated rings. The maximum atomic E-state index is 10.2. The summed E-state index contributed by atoms with van der Waals surface area (Å²) >= 11 is 0. The summed E-state index contributed by atoms with van der Waals surface area (Å²) in [5.74, 6) is 1.22. The Labute approximate surface area is 166 Å². The van der Waals surface area contributed by atoms with Crippen molar-refractivity contribution in [3.63, 3.8) is 0 Å². The molecule has 0 spiro atoms. The predicted molar refractivity (Wildman–Crippen MR) is 109 cm³/mol. The second-order valence-electron chi connectivity index (χ2n) is 6.76. The van der Waals surface area contributed by atoms with E-state index in [0.29, 0.717) is 24.8 Å². The van der Waals surface area contributed by atoms with Gasteiger partial charge in [-0.1, -0.05) is 24.3 Å². The highest BCUT2D eigenvalue weighted by molar-refractivity contribution is 5.79. The van der Waals surface area contributed by atoms with E-state index in [4.69, 9.17) is 14.1 Å². The molecule has 1 aromatic carbocycles. The molecule has 1 saturated heterocycles. The number of morpholine rings is 1. The summed E-state index contributed by atoms with van der Waals surface area (Å²) in [4.78, 5) is 7.11. The molecule has 1 aliphatic heterocycles. The molecule has 1 aliphatic rings. The number of hydrogen-bond donors (Lipinski definition) is 3. The monoisotopic (exact) mass is 386 g/mol. The molecule has 0 bridgehead atoms. The summed E-state index contributed by atoms with van der Waals surface area (Å²) in [5, 5.41) is 16.6. The molecular weight excluding hydrogens is 356 g/mol. The number of furan rings is 1. The molecule has 2 heterocycles. The van der Waals surface area contributed by atoms with E-state index in [1.54, 1.807) is 18.4 Å². The maximum Gasteiger partial charge on any atom is 0.191 e. The van der Waals surface area contributed by atoms with E-state index in [2.05, 4.69) is 39.8 Å². The number of nitrogens with one attached hydrogen (secondary N) is 2. The minimum atomic E-state index is -0.715. The molecular formula is C21H30N4O3. The highest BCUT2D eigenvalue weighted by Gasteiger charge is 2.13. The van der Waals surface area contributed by atoms with Crippen LogP contribution in [0.3, 0.4) is 0 Å². The van der Waals surface area contributed by atoms with E-state index in [1.165, 1.54) is 11.1 Å². The van der Waals surface area contributed by atoms with Gasteiger partial charge in [-0.15, -0.1) is 0 Å². The highest BCUT2D eigenvalue weighted by atomic mass is 16.5. The second-order valence-corrected chi connectivity index (χ2v) is 6.76. The number of nitrogens with zero attached hydrogens (tertiary/aromatic N) is 2. The Morgan fingerprint density at radius 1 is 1.14 bits per heavy atom. The third-order valence-corrected chi connectivity index (χ3v) is 4.70. The number of ether oxygens (including phenoxy) is 1. The summed E-state index contributed by atoms with van der Waals surface area (Å²) in [5.41, 5.74) is 2.50. The number of aliphatic hydroxyl groups excluding tert-OH is 1. The molecule has 3 N–H and O–H groups in total. The number of hydrogen-bond acceptors (Lipinski definition) is 5. The van der Waals surface area contributed by atoms with Crippen LogP contribution >= 0.6 is 0 Å². The first-order valence-electron chi connectivity index (χ1n) is 9.86. The van der Waals surface area contributed by atoms with Crippen LogP contribution in [0.4, 0.5) is 0 Å². The molecule has 1 unspecified atom stereocenters. The lowest BCUT2D eigenvalue weighted by Crippen LogP contribution is -2.39. The zero-order valence-corrected chi connectivity index (χ0v) is 16.4. The molecule has 0 saturated carbocycles. The van der Waals surface area contributed by atoms with Crippen molar-refractivity contribution in [2.24, 2.45) is 4.99 Å². The van der Waals surface area contributed by atoms with E-state index in [0.717, 1.165) is 39.4 Å². The van der Waals surface area contributed by atoms with Gasteiger partial charge in [0.05, 0.1) is 32.6 Å². The van der Waals surface area contributed by atoms with Crippen molar-refractivity contribution in [2.75, 3.05) is 39.4 Å². The van der Waals surface area contributed by atoms with Gasteiger partial charge in [0.2, 0.25) is 0 Å². The average Bonchev–Trinajstić information content (AvgIpc) is 3.27. The lowest BCUT2D eigenvalue weighted by Gasteiger charge is -2.27. The Morgan fingerprint density at radius 2 is 1.93 bits per heavy atom. The van der Waals surface area contributed by atoms with Gasteiger partial charge in [-0.2, -0.15) is 0 Å². The second kappa shape index (κ2) is 10.8. The standard InChI is InChI=1S/C21H30N4O3/c1-2-22-21(24-15-19(26)20-8-5-11-28-20)23-14-17-6-3-4-7-18(17)16-25-9-12-27-13-10-25/h3-8,11,19,26H,2,9-10,12-16H2,1H3,(H2,22,23,24). The van der Waals surface area contributed by atoms with Gasteiger partial charge in [-0.05, 0) is 30.2 Å². The van der Waals surface area contributed by atoms with E-state index >= 15 is 0 Å². The predicted octanol–water partition coefficient (Wildman–Crippen LogP) is 1.90. The number of aliphatic hydroxyl groups is 1. The number of guanidine groups is 1. The van der Waals surface area contributed by atoms with Gasteiger partial charge in [0.1, 0.15) is 11.9 Å². The first-order valence-corrected chi connectivity index (χ1v) is 9.86. The van der Waals surface area contributed by atoms with Crippen LogP contribution in [0.25, 0.3) is 0 Å². The van der Waals surface area contributed by atoms with Crippen molar-refractivity contribution in [1.82, 2.24) is 15.5 Å². The van der Waals surface area contributed by atoms with Crippen LogP contribution in [0, 0.1) is 0 Å². The summed E-state index contributed by atoms with van der Waals surface area (Å²) < 4.78 is 10.7. The normalized spacial score (nSPS) is 16.7. The first-order chi connectivity index (χ1) is 13.8. The van der Waals surface area contributed by atoms with E-state index < -0.39 is 6.10 Å². The van der Waals surface area contributed by atoms with Crippen LogP contribution in [-0.2, 0) is 17.8 Å². The van der Waals surface area contributed by atoms with Gasteiger partial charge < -0.3 is 24.9 Å². The molecule has 1 aromatic heterocycles. The third kappa shape index (κ3) is 6.09. The van der Waals surface area contributed by atoms with E-state index in [-0.39, 0.29) is 0 Å². The fourth-order valence-electron chi connectivity index (χ4n) is 3.15. The molecule has 2 aromatic rings. The van der Waals surface area contributed by atoms with Crippen molar-refractivity contribution < 1.29 is 14.3 Å². The SMILES string of the molecule is CCNC(=NCc1ccccc1CN1CCOCC1)NCC(O)c1ccco1. The van der Waals surface area contributed by atoms with Crippen molar-refractivity contribution in [1.29, 1.82) is 0 Å². The van der Waals surface area contributed by atoms with Crippen LogP contribution < -0.4 is 10.6 Å². The number of benzene rings is 1. The van der Waals surface area contributed by atoms with Gasteiger partial charge in [0.15, 0.2) is 5.96 Å². The van der Waals surface area contributed by atoms with E-state index in [9.17, 15) is 5.11 Å². The Bertz CT molecular complexity index is 727. The molecule has 152 valence electrons. The molecule has 0 radical (unpaired) electrons. The first kappa shape index (κ1) is 20.4. The quantitative estimate of drug-likeness (QED) is 0.475. The molecule has 1 atom stereocenters. The van der Waals surface area contributed by atoms with Gasteiger partial charge in [0, 0.05) is 26.2 Å². The summed E-state index contributed by atoms with van der Waals surface area (Å²) in [6, 6.07) is 11.9. The Kier molecular flexibility index (Phi) is 7.90. The number of rotatable bonds is 8. The third-order valence-electron chi connectivity index (χ3n) is 4.70. The topological polar surface area (TPSA) is 82.3 Å². The van der Waals surface area contributed by atoms with Gasteiger partial charge in [0.25, 0.3) is 0 Å². The smallest absolute Gasteiger partial charge is 0.191 e. The molecule has 7 heteroatoms. The van der Waals surface area contributed by atoms with Crippen LogP contribution in [0.5, 0.6) is 0 Å². The molecule has 0 aliphatic carbocycles. The zero-order valence-electron chi connectivity index (χ0n) is 16.4. The lowest BCUT2D eigenvalue weighted by atomic mass is 10.1. The summed E-state index contributed by atoms with van der Waals surface area (Å²) in [6.07, 6.45) is 0.843. The summed E-state index contributed by atoms with van der Waals surface area (Å²) in [7, 11) is 0. The van der Waals surface area contributed by atoms with Crippen LogP contribution in [0.1, 0.15) is 29.9 Å². The molecule has 7 nitrogen and oxygen atoms in total. The minimum Gasteiger partial charge on any atom is -0.467 e. The van der Waals surface area contributed by atoms with Crippen molar-refractivity contribution >= 4 is 5.96 Å². The molecule has 28 heavy (non-hydrogen) atoms. The van der Waals surface area contributed by atoms with Crippen LogP contribution in [0.2, 0.25) is 0 Å². The fraction of sp³-hybridized carbons (Fsp3) is 0.476. The Morgan fingerprint density at radius 3 is 2.64 bits per heavy atom. The number of aliphatic imine (C=N–C) groups is 1. The largest absolute Gasteiger partial charge is 0.467 e. The molecule has 0 amide bonds. The lowest BCUT2D eigenvalue weighted by molar-refractivity contribution is 0.0341. The average molecular weight is 386 g/mol. The van der Waals surface area contributed by atoms with Crippen LogP contribution in [0.15, 0.2) is 52.1 Å². The molecule has 3 rings (SSSR count). The summed E-state index contributed by atoms with van der Waals surface area (Å²) in [6.45, 7) is 8.11. The minimum absolute atomic E-state index is 0.328. The van der Waals surface area contributed by atoms with Crippen molar-refractivity contribution in [3.8, 4) is 0 Å². The Balaban J connectivity index is 1.60. The van der Waals surface area contributed by atoms with Crippen LogP contribution in [-0.4, -0.2) is 55.4 Å². The van der Waals surface area contributed by atoms with Gasteiger partial charge in [-0.3, -0.25) is 4.90 Å². The van der Waals surface area contributed by atoms with E-state index in [1.807, 2.05) is 6.92 Å². The fourth-order valence-corrected chi connectivity index (χ4v) is 3.15.